The molecule has 0 aromatic heterocycles. The average molecular weight is 274 g/mol. The van der Waals surface area contributed by atoms with Gasteiger partial charge in [-0.05, 0) is 13.8 Å². The van der Waals surface area contributed by atoms with E-state index in [1.54, 1.807) is 0 Å². The maximum Gasteiger partial charge on any atom is 2.00 e. The summed E-state index contributed by atoms with van der Waals surface area (Å²) < 4.78 is 0. The molecule has 0 N–H and O–H groups in total. The minimum absolute atomic E-state index is 0. The van der Waals surface area contributed by atoms with Gasteiger partial charge in [-0.2, -0.15) is 12.6 Å². The van der Waals surface area contributed by atoms with Crippen molar-refractivity contribution in [2.24, 2.45) is 0 Å². The van der Waals surface area contributed by atoms with Crippen LogP contribution in [0.5, 0.6) is 0 Å². The summed E-state index contributed by atoms with van der Waals surface area (Å²) in [6.45, 7) is 2.49. The Morgan fingerprint density at radius 3 is 1.06 bits per heavy atom. The molecule has 0 saturated carbocycles. The molecule has 0 fully saturated rings. The molecule has 0 bridgehead atoms. The fourth-order valence-electron chi connectivity index (χ4n) is 0.524. The smallest absolute Gasteiger partial charge is 0.534 e. The van der Waals surface area contributed by atoms with Crippen LogP contribution in [-0.4, -0.2) is 35.7 Å². The van der Waals surface area contributed by atoms with Crippen LogP contribution in [0.4, 0.5) is 0 Å². The second-order valence-corrected chi connectivity index (χ2v) is 2.81. The van der Waals surface area contributed by atoms with E-state index in [-0.39, 0.29) is 46.1 Å². The topological polar surface area (TPSA) is 102 Å². The van der Waals surface area contributed by atoms with Crippen LogP contribution in [0.1, 0.15) is 26.7 Å². The molecule has 0 aromatic rings. The molecule has 7 heteroatoms. The number of ketones is 4. The molecular formula is C10H10O6Ti. The predicted molar refractivity (Wildman–Crippen MR) is 52.0 cm³/mol. The normalized spacial score (nSPS) is 7.65. The van der Waals surface area contributed by atoms with Crippen LogP contribution in [0.25, 0.3) is 0 Å². The zero-order valence-corrected chi connectivity index (χ0v) is 10.9. The zero-order valence-electron chi connectivity index (χ0n) is 9.36. The molecule has 6 nitrogen and oxygen atoms in total. The molecule has 0 atom stereocenters. The van der Waals surface area contributed by atoms with Gasteiger partial charge in [0.2, 0.25) is 0 Å². The van der Waals surface area contributed by atoms with Crippen molar-refractivity contribution >= 4 is 35.7 Å². The van der Waals surface area contributed by atoms with Gasteiger partial charge in [0.05, 0.1) is 0 Å². The first-order valence-electron chi connectivity index (χ1n) is 4.14. The van der Waals surface area contributed by atoms with Crippen LogP contribution in [-0.2, 0) is 50.5 Å². The number of hydrogen-bond acceptors (Lipinski definition) is 6. The second kappa shape index (κ2) is 12.8. The molecule has 0 unspecified atom stereocenters. The summed E-state index contributed by atoms with van der Waals surface area (Å²) in [5, 5.41) is 0. The Labute approximate surface area is 113 Å². The molecule has 0 amide bonds. The van der Waals surface area contributed by atoms with E-state index >= 15 is 0 Å². The van der Waals surface area contributed by atoms with Gasteiger partial charge in [-0.1, -0.05) is 0 Å². The van der Waals surface area contributed by atoms with E-state index in [1.807, 2.05) is 0 Å². The van der Waals surface area contributed by atoms with Crippen molar-refractivity contribution in [1.29, 1.82) is 0 Å². The Hall–Kier alpha value is -1.27. The van der Waals surface area contributed by atoms with Gasteiger partial charge in [0.25, 0.3) is 0 Å². The maximum absolute atomic E-state index is 10.0. The SMILES string of the molecule is CC(=O)CC(=O)[C-]=O.CC(=O)CC(=O)[C-]=O.[Ti+2]. The standard InChI is InChI=1S/2C5H5O3.Ti/c2*1-4(7)2-5(8)3-6;/h2*2H2,1H3;/q2*-1;+2. The molecule has 0 aliphatic heterocycles. The zero-order chi connectivity index (χ0) is 13.1. The van der Waals surface area contributed by atoms with Crippen molar-refractivity contribution in [3.05, 3.63) is 0 Å². The summed E-state index contributed by atoms with van der Waals surface area (Å²) in [5.74, 6) is -2.17. The summed E-state index contributed by atoms with van der Waals surface area (Å²) in [4.78, 5) is 58.8. The summed E-state index contributed by atoms with van der Waals surface area (Å²) >= 11 is 0. The summed E-state index contributed by atoms with van der Waals surface area (Å²) in [6, 6.07) is 0. The summed E-state index contributed by atoms with van der Waals surface area (Å²) in [5.41, 5.74) is 0. The van der Waals surface area contributed by atoms with E-state index in [9.17, 15) is 28.8 Å². The molecule has 0 heterocycles. The van der Waals surface area contributed by atoms with Crippen LogP contribution in [0.3, 0.4) is 0 Å². The molecule has 90 valence electrons. The van der Waals surface area contributed by atoms with Crippen LogP contribution >= 0.6 is 0 Å². The van der Waals surface area contributed by atoms with Crippen molar-refractivity contribution in [1.82, 2.24) is 0 Å². The van der Waals surface area contributed by atoms with E-state index < -0.39 is 11.6 Å². The first kappa shape index (κ1) is 21.1. The van der Waals surface area contributed by atoms with Gasteiger partial charge >= 0.3 is 21.7 Å². The Morgan fingerprint density at radius 2 is 1.00 bits per heavy atom. The van der Waals surface area contributed by atoms with Gasteiger partial charge in [0.15, 0.2) is 0 Å². The monoisotopic (exact) mass is 274 g/mol. The molecule has 0 spiro atoms. The average Bonchev–Trinajstić information content (AvgIpc) is 2.16. The maximum atomic E-state index is 10.0. The first-order chi connectivity index (χ1) is 7.33. The molecule has 17 heavy (non-hydrogen) atoms. The largest absolute Gasteiger partial charge is 2.00 e. The van der Waals surface area contributed by atoms with Crippen LogP contribution in [0.2, 0.25) is 0 Å². The molecule has 0 aliphatic rings. The number of carbonyl (C=O) groups excluding carboxylic acids is 6. The number of hydrogen-bond donors (Lipinski definition) is 0. The minimum Gasteiger partial charge on any atom is -0.534 e. The van der Waals surface area contributed by atoms with Gasteiger partial charge < -0.3 is 19.2 Å². The van der Waals surface area contributed by atoms with E-state index in [1.165, 1.54) is 13.8 Å². The van der Waals surface area contributed by atoms with E-state index in [2.05, 4.69) is 0 Å². The predicted octanol–water partition coefficient (Wildman–Crippen LogP) is -0.714. The Kier molecular flexibility index (Phi) is 15.9. The molecule has 0 radical (unpaired) electrons. The van der Waals surface area contributed by atoms with Crippen LogP contribution in [0.15, 0.2) is 0 Å². The van der Waals surface area contributed by atoms with Crippen molar-refractivity contribution < 1.29 is 50.5 Å². The molecular weight excluding hydrogens is 264 g/mol. The molecule has 0 aromatic carbocycles. The van der Waals surface area contributed by atoms with Crippen molar-refractivity contribution in [2.45, 2.75) is 26.7 Å². The van der Waals surface area contributed by atoms with E-state index in [4.69, 9.17) is 0 Å². The van der Waals surface area contributed by atoms with Gasteiger partial charge in [-0.15, -0.1) is 0 Å². The second-order valence-electron chi connectivity index (χ2n) is 2.81. The third-order valence-electron chi connectivity index (χ3n) is 1.05. The fraction of sp³-hybridized carbons (Fsp3) is 0.400. The van der Waals surface area contributed by atoms with Gasteiger partial charge in [0.1, 0.15) is 11.6 Å². The summed E-state index contributed by atoms with van der Waals surface area (Å²) in [7, 11) is 0. The fourth-order valence-corrected chi connectivity index (χ4v) is 0.524. The molecule has 0 aliphatic carbocycles. The molecule has 0 rings (SSSR count). The van der Waals surface area contributed by atoms with Crippen molar-refractivity contribution in [3.8, 4) is 0 Å². The molecule has 0 saturated heterocycles. The third-order valence-corrected chi connectivity index (χ3v) is 1.05. The Balaban J connectivity index is -0.000000218. The van der Waals surface area contributed by atoms with Gasteiger partial charge in [-0.3, -0.25) is 9.59 Å². The van der Waals surface area contributed by atoms with Crippen LogP contribution in [0, 0.1) is 0 Å². The Morgan fingerprint density at radius 1 is 0.765 bits per heavy atom. The van der Waals surface area contributed by atoms with E-state index in [0.29, 0.717) is 0 Å². The third kappa shape index (κ3) is 20.7. The van der Waals surface area contributed by atoms with Crippen molar-refractivity contribution in [3.63, 3.8) is 0 Å². The van der Waals surface area contributed by atoms with Crippen LogP contribution < -0.4 is 0 Å². The van der Waals surface area contributed by atoms with Gasteiger partial charge in [0, 0.05) is 24.4 Å². The first-order valence-corrected chi connectivity index (χ1v) is 4.14. The Bertz CT molecular complexity index is 289. The number of rotatable bonds is 6. The number of Topliss-reactive ketones (excluding diaryl/α,β-unsaturated/α-hetero) is 4. The van der Waals surface area contributed by atoms with Crippen molar-refractivity contribution in [2.75, 3.05) is 0 Å². The quantitative estimate of drug-likeness (QED) is 0.274. The summed E-state index contributed by atoms with van der Waals surface area (Å²) in [6.07, 6.45) is 1.54. The number of carbonyl (C=O) groups is 4. The van der Waals surface area contributed by atoms with Gasteiger partial charge in [-0.25, -0.2) is 0 Å². The minimum atomic E-state index is -0.780. The van der Waals surface area contributed by atoms with E-state index in [0.717, 1.165) is 12.6 Å².